The third kappa shape index (κ3) is 8.00. The molecule has 0 aromatic heterocycles. The highest BCUT2D eigenvalue weighted by Gasteiger charge is 1.95. The maximum absolute atomic E-state index is 10.4. The van der Waals surface area contributed by atoms with Crippen molar-refractivity contribution in [2.75, 3.05) is 6.61 Å². The van der Waals surface area contributed by atoms with Gasteiger partial charge in [0.15, 0.2) is 17.4 Å². The Balaban J connectivity index is 0. The van der Waals surface area contributed by atoms with Crippen LogP contribution in [0.1, 0.15) is 26.7 Å². The Morgan fingerprint density at radius 2 is 2.00 bits per heavy atom. The predicted octanol–water partition coefficient (Wildman–Crippen LogP) is 0.166. The Hall–Kier alpha value is 0.00247. The Kier molecular flexibility index (Phi) is 10.5. The van der Waals surface area contributed by atoms with Crippen LogP contribution >= 0.6 is 0 Å². The fourth-order valence-electron chi connectivity index (χ4n) is 0.437. The first-order valence-corrected chi connectivity index (χ1v) is 2.96. The van der Waals surface area contributed by atoms with Crippen LogP contribution in [0, 0.1) is 0 Å². The lowest BCUT2D eigenvalue weighted by Gasteiger charge is -1.96. The minimum Gasteiger partial charge on any atom is -0.466 e. The number of carbonyl (C=O) groups excluding carboxylic acids is 1. The fraction of sp³-hybridized carbons (Fsp3) is 0.833. The molecule has 54 valence electrons. The zero-order chi connectivity index (χ0) is 6.41. The number of esters is 1. The fourth-order valence-corrected chi connectivity index (χ4v) is 0.437. The molecule has 0 N–H and O–H groups in total. The Labute approximate surface area is 66.7 Å². The van der Waals surface area contributed by atoms with Crippen LogP contribution in [0.15, 0.2) is 0 Å². The summed E-state index contributed by atoms with van der Waals surface area (Å²) < 4.78 is 4.64. The SMILES string of the molecule is CCCC(=O)OCC.[AlH3]. The van der Waals surface area contributed by atoms with Gasteiger partial charge in [-0.3, -0.25) is 4.79 Å². The van der Waals surface area contributed by atoms with Gasteiger partial charge in [-0.2, -0.15) is 0 Å². The van der Waals surface area contributed by atoms with Crippen molar-refractivity contribution >= 4 is 23.3 Å². The van der Waals surface area contributed by atoms with Crippen LogP contribution in [0.2, 0.25) is 0 Å². The molecule has 0 saturated carbocycles. The molecule has 0 aliphatic heterocycles. The standard InChI is InChI=1S/C6H12O2.Al.3H/c1-3-5-6(7)8-4-2;;;;/h3-5H2,1-2H3;;;;. The first-order valence-electron chi connectivity index (χ1n) is 2.96. The smallest absolute Gasteiger partial charge is 0.305 e. The molecule has 0 fully saturated rings. The highest BCUT2D eigenvalue weighted by Crippen LogP contribution is 1.89. The number of ether oxygens (including phenoxy) is 1. The third-order valence-corrected chi connectivity index (χ3v) is 0.759. The molecule has 0 bridgehead atoms. The molecule has 2 nitrogen and oxygen atoms in total. The maximum atomic E-state index is 10.4. The number of hydrogen-bond donors (Lipinski definition) is 0. The van der Waals surface area contributed by atoms with Gasteiger partial charge in [0.25, 0.3) is 0 Å². The van der Waals surface area contributed by atoms with Crippen LogP contribution in [-0.4, -0.2) is 29.9 Å². The molecule has 0 aromatic carbocycles. The number of hydrogen-bond acceptors (Lipinski definition) is 2. The molecule has 0 aliphatic rings. The highest BCUT2D eigenvalue weighted by atomic mass is 27.0. The summed E-state index contributed by atoms with van der Waals surface area (Å²) in [6.45, 7) is 4.27. The van der Waals surface area contributed by atoms with Gasteiger partial charge in [0.1, 0.15) is 0 Å². The van der Waals surface area contributed by atoms with E-state index in [1.807, 2.05) is 13.8 Å². The molecular weight excluding hydrogens is 131 g/mol. The minimum atomic E-state index is -0.0880. The normalized spacial score (nSPS) is 7.78. The zero-order valence-corrected chi connectivity index (χ0v) is 5.44. The highest BCUT2D eigenvalue weighted by molar-refractivity contribution is 5.75. The maximum Gasteiger partial charge on any atom is 0.305 e. The summed E-state index contributed by atoms with van der Waals surface area (Å²) in [7, 11) is 0. The first kappa shape index (κ1) is 11.8. The molecule has 0 saturated heterocycles. The molecule has 0 aliphatic carbocycles. The monoisotopic (exact) mass is 146 g/mol. The molecule has 9 heavy (non-hydrogen) atoms. The summed E-state index contributed by atoms with van der Waals surface area (Å²) in [5.41, 5.74) is 0. The van der Waals surface area contributed by atoms with E-state index >= 15 is 0 Å². The van der Waals surface area contributed by atoms with E-state index in [1.54, 1.807) is 0 Å². The molecule has 0 amide bonds. The lowest BCUT2D eigenvalue weighted by atomic mass is 10.3. The summed E-state index contributed by atoms with van der Waals surface area (Å²) in [4.78, 5) is 10.4. The summed E-state index contributed by atoms with van der Waals surface area (Å²) >= 11 is 0. The molecule has 0 heterocycles. The van der Waals surface area contributed by atoms with Gasteiger partial charge in [0.05, 0.1) is 6.61 Å². The van der Waals surface area contributed by atoms with Gasteiger partial charge < -0.3 is 4.74 Å². The lowest BCUT2D eigenvalue weighted by Crippen LogP contribution is -2.01. The van der Waals surface area contributed by atoms with E-state index < -0.39 is 0 Å². The van der Waals surface area contributed by atoms with Crippen LogP contribution in [0.3, 0.4) is 0 Å². The van der Waals surface area contributed by atoms with Crippen molar-refractivity contribution in [3.63, 3.8) is 0 Å². The van der Waals surface area contributed by atoms with Gasteiger partial charge in [-0.1, -0.05) is 6.92 Å². The molecular formula is C6H15AlO2. The lowest BCUT2D eigenvalue weighted by molar-refractivity contribution is -0.143. The van der Waals surface area contributed by atoms with Crippen molar-refractivity contribution in [2.24, 2.45) is 0 Å². The van der Waals surface area contributed by atoms with Gasteiger partial charge in [-0.05, 0) is 13.3 Å². The molecule has 0 radical (unpaired) electrons. The number of rotatable bonds is 3. The second-order valence-electron chi connectivity index (χ2n) is 1.56. The van der Waals surface area contributed by atoms with Crippen molar-refractivity contribution in [3.8, 4) is 0 Å². The van der Waals surface area contributed by atoms with Gasteiger partial charge >= 0.3 is 5.97 Å². The van der Waals surface area contributed by atoms with Crippen molar-refractivity contribution in [3.05, 3.63) is 0 Å². The summed E-state index contributed by atoms with van der Waals surface area (Å²) in [5.74, 6) is -0.0880. The van der Waals surface area contributed by atoms with E-state index in [0.29, 0.717) is 13.0 Å². The summed E-state index contributed by atoms with van der Waals surface area (Å²) in [6.07, 6.45) is 1.42. The second-order valence-corrected chi connectivity index (χ2v) is 1.56. The van der Waals surface area contributed by atoms with Crippen LogP contribution < -0.4 is 0 Å². The van der Waals surface area contributed by atoms with Crippen molar-refractivity contribution in [2.45, 2.75) is 26.7 Å². The van der Waals surface area contributed by atoms with Gasteiger partial charge in [0.2, 0.25) is 0 Å². The topological polar surface area (TPSA) is 26.3 Å². The van der Waals surface area contributed by atoms with E-state index in [1.165, 1.54) is 0 Å². The van der Waals surface area contributed by atoms with Crippen LogP contribution in [0.5, 0.6) is 0 Å². The predicted molar refractivity (Wildman–Crippen MR) is 41.5 cm³/mol. The first-order chi connectivity index (χ1) is 3.81. The molecule has 0 spiro atoms. The molecule has 3 heteroatoms. The van der Waals surface area contributed by atoms with Crippen LogP contribution in [0.25, 0.3) is 0 Å². The number of carbonyl (C=O) groups is 1. The van der Waals surface area contributed by atoms with Crippen LogP contribution in [0.4, 0.5) is 0 Å². The average Bonchev–Trinajstić information content (AvgIpc) is 1.68. The van der Waals surface area contributed by atoms with Crippen molar-refractivity contribution < 1.29 is 9.53 Å². The minimum absolute atomic E-state index is 0. The van der Waals surface area contributed by atoms with E-state index in [0.717, 1.165) is 6.42 Å². The molecule has 0 rings (SSSR count). The van der Waals surface area contributed by atoms with Crippen LogP contribution in [-0.2, 0) is 9.53 Å². The average molecular weight is 146 g/mol. The van der Waals surface area contributed by atoms with Gasteiger partial charge in [-0.15, -0.1) is 0 Å². The third-order valence-electron chi connectivity index (χ3n) is 0.759. The summed E-state index contributed by atoms with van der Waals surface area (Å²) in [5, 5.41) is 0. The molecule has 0 unspecified atom stereocenters. The largest absolute Gasteiger partial charge is 0.466 e. The van der Waals surface area contributed by atoms with Gasteiger partial charge in [-0.25, -0.2) is 0 Å². The Morgan fingerprint density at radius 1 is 1.44 bits per heavy atom. The van der Waals surface area contributed by atoms with E-state index in [-0.39, 0.29) is 23.3 Å². The second kappa shape index (κ2) is 8.00. The summed E-state index contributed by atoms with van der Waals surface area (Å²) in [6, 6.07) is 0. The van der Waals surface area contributed by atoms with Crippen molar-refractivity contribution in [1.82, 2.24) is 0 Å². The Morgan fingerprint density at radius 3 is 2.33 bits per heavy atom. The Bertz CT molecular complexity index is 65.5. The zero-order valence-electron chi connectivity index (χ0n) is 5.44. The quantitative estimate of drug-likeness (QED) is 0.419. The molecule has 0 aromatic rings. The van der Waals surface area contributed by atoms with E-state index in [4.69, 9.17) is 0 Å². The van der Waals surface area contributed by atoms with E-state index in [9.17, 15) is 4.79 Å². The van der Waals surface area contributed by atoms with E-state index in [2.05, 4.69) is 4.74 Å². The molecule has 0 atom stereocenters. The van der Waals surface area contributed by atoms with Gasteiger partial charge in [0, 0.05) is 6.42 Å². The van der Waals surface area contributed by atoms with Crippen molar-refractivity contribution in [1.29, 1.82) is 0 Å².